The maximum atomic E-state index is 5.87. The van der Waals surface area contributed by atoms with Gasteiger partial charge in [0.05, 0.1) is 6.54 Å². The predicted octanol–water partition coefficient (Wildman–Crippen LogP) is 2.22. The summed E-state index contributed by atoms with van der Waals surface area (Å²) in [5.41, 5.74) is 0. The van der Waals surface area contributed by atoms with Crippen LogP contribution in [0.2, 0.25) is 5.15 Å². The van der Waals surface area contributed by atoms with E-state index >= 15 is 0 Å². The van der Waals surface area contributed by atoms with E-state index in [1.165, 1.54) is 0 Å². The van der Waals surface area contributed by atoms with Gasteiger partial charge in [0.1, 0.15) is 23.1 Å². The van der Waals surface area contributed by atoms with Crippen LogP contribution in [0.5, 0.6) is 0 Å². The van der Waals surface area contributed by atoms with E-state index < -0.39 is 0 Å². The van der Waals surface area contributed by atoms with Gasteiger partial charge in [-0.05, 0) is 20.8 Å². The monoisotopic (exact) mass is 266 g/mol. The van der Waals surface area contributed by atoms with E-state index in [0.29, 0.717) is 29.4 Å². The van der Waals surface area contributed by atoms with Crippen molar-refractivity contribution in [2.24, 2.45) is 0 Å². The third kappa shape index (κ3) is 2.95. The van der Waals surface area contributed by atoms with Gasteiger partial charge in [0.2, 0.25) is 0 Å². The van der Waals surface area contributed by atoms with Crippen molar-refractivity contribution in [1.29, 1.82) is 0 Å². The molecule has 6 nitrogen and oxygen atoms in total. The molecule has 96 valence electrons. The molecule has 0 fully saturated rings. The van der Waals surface area contributed by atoms with Crippen LogP contribution < -0.4 is 5.32 Å². The fraction of sp³-hybridized carbons (Fsp3) is 0.455. The van der Waals surface area contributed by atoms with Crippen LogP contribution in [-0.2, 0) is 6.54 Å². The van der Waals surface area contributed by atoms with E-state index in [0.717, 1.165) is 5.82 Å². The minimum Gasteiger partial charge on any atom is -0.363 e. The van der Waals surface area contributed by atoms with Crippen LogP contribution in [0, 0.1) is 6.92 Å². The Balaban J connectivity index is 2.09. The van der Waals surface area contributed by atoms with Crippen molar-refractivity contribution in [3.63, 3.8) is 0 Å². The second-order valence-electron chi connectivity index (χ2n) is 4.22. The standard InChI is InChI=1S/C11H15ClN6/c1-7(2)18-6-14-17-11(18)5-13-10-4-9(12)15-8(3)16-10/h4,6-7H,5H2,1-3H3,(H,13,15,16). The van der Waals surface area contributed by atoms with Gasteiger partial charge in [0, 0.05) is 12.1 Å². The van der Waals surface area contributed by atoms with Gasteiger partial charge in [-0.3, -0.25) is 0 Å². The molecular weight excluding hydrogens is 252 g/mol. The smallest absolute Gasteiger partial charge is 0.152 e. The topological polar surface area (TPSA) is 68.5 Å². The van der Waals surface area contributed by atoms with Crippen molar-refractivity contribution >= 4 is 17.4 Å². The number of halogens is 1. The van der Waals surface area contributed by atoms with Gasteiger partial charge < -0.3 is 9.88 Å². The molecule has 0 aromatic carbocycles. The number of aryl methyl sites for hydroxylation is 1. The molecule has 0 spiro atoms. The fourth-order valence-electron chi connectivity index (χ4n) is 1.62. The highest BCUT2D eigenvalue weighted by Crippen LogP contribution is 2.13. The summed E-state index contributed by atoms with van der Waals surface area (Å²) in [5.74, 6) is 2.18. The normalized spacial score (nSPS) is 10.9. The van der Waals surface area contributed by atoms with Crippen molar-refractivity contribution in [3.05, 3.63) is 29.2 Å². The summed E-state index contributed by atoms with van der Waals surface area (Å²) in [6.07, 6.45) is 1.72. The lowest BCUT2D eigenvalue weighted by Gasteiger charge is -2.11. The first kappa shape index (κ1) is 12.8. The number of hydrogen-bond donors (Lipinski definition) is 1. The van der Waals surface area contributed by atoms with Crippen LogP contribution >= 0.6 is 11.6 Å². The van der Waals surface area contributed by atoms with E-state index in [4.69, 9.17) is 11.6 Å². The molecule has 0 amide bonds. The average Bonchev–Trinajstić information content (AvgIpc) is 2.73. The van der Waals surface area contributed by atoms with E-state index in [-0.39, 0.29) is 0 Å². The summed E-state index contributed by atoms with van der Waals surface area (Å²) in [7, 11) is 0. The Morgan fingerprint density at radius 2 is 2.17 bits per heavy atom. The lowest BCUT2D eigenvalue weighted by Crippen LogP contribution is -2.11. The summed E-state index contributed by atoms with van der Waals surface area (Å²) < 4.78 is 2.00. The van der Waals surface area contributed by atoms with Gasteiger partial charge in [-0.15, -0.1) is 10.2 Å². The van der Waals surface area contributed by atoms with Gasteiger partial charge in [0.25, 0.3) is 0 Å². The number of anilines is 1. The molecule has 0 aliphatic heterocycles. The van der Waals surface area contributed by atoms with Crippen molar-refractivity contribution in [3.8, 4) is 0 Å². The molecule has 2 heterocycles. The zero-order valence-corrected chi connectivity index (χ0v) is 11.3. The number of aromatic nitrogens is 5. The maximum Gasteiger partial charge on any atom is 0.152 e. The Kier molecular flexibility index (Phi) is 3.76. The molecule has 0 saturated heterocycles. The highest BCUT2D eigenvalue weighted by molar-refractivity contribution is 6.29. The lowest BCUT2D eigenvalue weighted by atomic mass is 10.4. The predicted molar refractivity (Wildman–Crippen MR) is 69.5 cm³/mol. The summed E-state index contributed by atoms with van der Waals surface area (Å²) in [5, 5.41) is 11.6. The molecule has 0 radical (unpaired) electrons. The summed E-state index contributed by atoms with van der Waals surface area (Å²) in [4.78, 5) is 8.25. The molecule has 18 heavy (non-hydrogen) atoms. The van der Waals surface area contributed by atoms with Gasteiger partial charge >= 0.3 is 0 Å². The first-order chi connectivity index (χ1) is 8.56. The van der Waals surface area contributed by atoms with E-state index in [1.807, 2.05) is 4.57 Å². The molecule has 0 aliphatic rings. The summed E-state index contributed by atoms with van der Waals surface area (Å²) in [6.45, 7) is 6.51. The molecule has 0 atom stereocenters. The molecule has 2 aromatic heterocycles. The molecule has 0 saturated carbocycles. The summed E-state index contributed by atoms with van der Waals surface area (Å²) >= 11 is 5.87. The Morgan fingerprint density at radius 3 is 2.83 bits per heavy atom. The second kappa shape index (κ2) is 5.30. The van der Waals surface area contributed by atoms with Gasteiger partial charge in [-0.2, -0.15) is 0 Å². The minimum absolute atomic E-state index is 0.326. The van der Waals surface area contributed by atoms with Crippen LogP contribution in [0.1, 0.15) is 31.5 Å². The minimum atomic E-state index is 0.326. The van der Waals surface area contributed by atoms with E-state index in [2.05, 4.69) is 39.3 Å². The third-order valence-corrected chi connectivity index (χ3v) is 2.63. The second-order valence-corrected chi connectivity index (χ2v) is 4.61. The van der Waals surface area contributed by atoms with Gasteiger partial charge in [0.15, 0.2) is 5.82 Å². The van der Waals surface area contributed by atoms with Crippen LogP contribution in [0.3, 0.4) is 0 Å². The van der Waals surface area contributed by atoms with Crippen LogP contribution in [-0.4, -0.2) is 24.7 Å². The SMILES string of the molecule is Cc1nc(Cl)cc(NCc2nncn2C(C)C)n1. The molecule has 1 N–H and O–H groups in total. The highest BCUT2D eigenvalue weighted by Gasteiger charge is 2.07. The zero-order valence-electron chi connectivity index (χ0n) is 10.6. The van der Waals surface area contributed by atoms with Gasteiger partial charge in [-0.1, -0.05) is 11.6 Å². The van der Waals surface area contributed by atoms with Crippen LogP contribution in [0.15, 0.2) is 12.4 Å². The lowest BCUT2D eigenvalue weighted by molar-refractivity contribution is 0.572. The van der Waals surface area contributed by atoms with Crippen molar-refractivity contribution in [1.82, 2.24) is 24.7 Å². The Bertz CT molecular complexity index is 516. The number of nitrogens with one attached hydrogen (secondary N) is 1. The fourth-order valence-corrected chi connectivity index (χ4v) is 1.84. The quantitative estimate of drug-likeness (QED) is 0.860. The van der Waals surface area contributed by atoms with E-state index in [9.17, 15) is 0 Å². The first-order valence-electron chi connectivity index (χ1n) is 5.69. The number of hydrogen-bond acceptors (Lipinski definition) is 5. The molecule has 2 aromatic rings. The Hall–Kier alpha value is -1.69. The summed E-state index contributed by atoms with van der Waals surface area (Å²) in [6, 6.07) is 2.01. The van der Waals surface area contributed by atoms with E-state index in [1.54, 1.807) is 19.3 Å². The largest absolute Gasteiger partial charge is 0.363 e. The molecule has 0 aliphatic carbocycles. The average molecular weight is 267 g/mol. The molecule has 0 bridgehead atoms. The molecule has 7 heteroatoms. The van der Waals surface area contributed by atoms with Gasteiger partial charge in [-0.25, -0.2) is 9.97 Å². The molecule has 2 rings (SSSR count). The van der Waals surface area contributed by atoms with Crippen molar-refractivity contribution in [2.75, 3.05) is 5.32 Å². The molecule has 0 unspecified atom stereocenters. The maximum absolute atomic E-state index is 5.87. The highest BCUT2D eigenvalue weighted by atomic mass is 35.5. The Labute approximate surface area is 110 Å². The van der Waals surface area contributed by atoms with Crippen LogP contribution in [0.4, 0.5) is 5.82 Å². The number of nitrogens with zero attached hydrogens (tertiary/aromatic N) is 5. The number of rotatable bonds is 4. The van der Waals surface area contributed by atoms with Crippen molar-refractivity contribution < 1.29 is 0 Å². The van der Waals surface area contributed by atoms with Crippen LogP contribution in [0.25, 0.3) is 0 Å². The van der Waals surface area contributed by atoms with Crippen molar-refractivity contribution in [2.45, 2.75) is 33.4 Å². The Morgan fingerprint density at radius 1 is 1.39 bits per heavy atom. The molecular formula is C11H15ClN6. The zero-order chi connectivity index (χ0) is 13.1. The first-order valence-corrected chi connectivity index (χ1v) is 6.07. The third-order valence-electron chi connectivity index (χ3n) is 2.44.